The van der Waals surface area contributed by atoms with E-state index in [1.165, 1.54) is 19.0 Å². The molecule has 9 heteroatoms. The first-order chi connectivity index (χ1) is 15.4. The van der Waals surface area contributed by atoms with Gasteiger partial charge in [0.15, 0.2) is 0 Å². The fraction of sp³-hybridized carbons (Fsp3) is 0.652. The number of anilines is 1. The molecule has 6 rings (SSSR count). The lowest BCUT2D eigenvalue weighted by Crippen LogP contribution is -2.36. The molecule has 3 heterocycles. The summed E-state index contributed by atoms with van der Waals surface area (Å²) < 4.78 is 47.8. The van der Waals surface area contributed by atoms with E-state index >= 15 is 0 Å². The average molecular weight is 448 g/mol. The molecule has 3 saturated carbocycles. The van der Waals surface area contributed by atoms with Crippen molar-refractivity contribution in [2.45, 2.75) is 56.3 Å². The zero-order valence-electron chi connectivity index (χ0n) is 17.9. The van der Waals surface area contributed by atoms with Crippen LogP contribution in [-0.4, -0.2) is 51.8 Å². The number of rotatable bonds is 4. The largest absolute Gasteiger partial charge is 0.419 e. The molecule has 0 aromatic carbocycles. The molecule has 172 valence electrons. The molecule has 1 saturated heterocycles. The highest BCUT2D eigenvalue weighted by molar-refractivity contribution is 5.62. The predicted molar refractivity (Wildman–Crippen MR) is 113 cm³/mol. The molecule has 0 bridgehead atoms. The Kier molecular flexibility index (Phi) is 4.77. The SMILES string of the molecule is Nc1ncc(-c2cn([C@H]3[C@@H]4CC(N5CCCOCC5)C[C@@H]43)c(C3CC3)n2)cc1C(F)(F)F. The zero-order chi connectivity index (χ0) is 22.0. The summed E-state index contributed by atoms with van der Waals surface area (Å²) in [5.41, 5.74) is 5.53. The van der Waals surface area contributed by atoms with E-state index < -0.39 is 17.6 Å². The minimum Gasteiger partial charge on any atom is -0.383 e. The number of alkyl halides is 3. The molecular weight excluding hydrogens is 419 g/mol. The van der Waals surface area contributed by atoms with Gasteiger partial charge in [-0.2, -0.15) is 13.2 Å². The summed E-state index contributed by atoms with van der Waals surface area (Å²) in [6, 6.07) is 2.14. The molecule has 6 nitrogen and oxygen atoms in total. The van der Waals surface area contributed by atoms with Crippen LogP contribution in [0.25, 0.3) is 11.3 Å². The van der Waals surface area contributed by atoms with Gasteiger partial charge in [-0.1, -0.05) is 0 Å². The zero-order valence-corrected chi connectivity index (χ0v) is 17.9. The van der Waals surface area contributed by atoms with Gasteiger partial charge in [-0.15, -0.1) is 0 Å². The predicted octanol–water partition coefficient (Wildman–Crippen LogP) is 4.10. The Balaban J connectivity index is 1.24. The Labute approximate surface area is 185 Å². The highest BCUT2D eigenvalue weighted by Gasteiger charge is 2.58. The number of ether oxygens (including phenoxy) is 1. The van der Waals surface area contributed by atoms with Crippen LogP contribution in [0.5, 0.6) is 0 Å². The van der Waals surface area contributed by atoms with E-state index in [2.05, 4.69) is 14.5 Å². The summed E-state index contributed by atoms with van der Waals surface area (Å²) in [4.78, 5) is 11.2. The van der Waals surface area contributed by atoms with Crippen LogP contribution in [0.4, 0.5) is 19.0 Å². The van der Waals surface area contributed by atoms with Crippen LogP contribution >= 0.6 is 0 Å². The standard InChI is InChI=1S/C23H28F3N5O/c24-23(25,26)18-8-14(11-28-21(18)27)19-12-31(22(29-19)13-2-3-13)20-16-9-15(10-17(16)20)30-4-1-6-32-7-5-30/h8,11-13,15-17,20H,1-7,9-10H2,(H2,27,28)/t15?,16-,17+,20+. The fourth-order valence-electron chi connectivity index (χ4n) is 5.89. The molecule has 4 aliphatic rings. The minimum absolute atomic E-state index is 0.375. The van der Waals surface area contributed by atoms with Gasteiger partial charge in [-0.05, 0) is 50.0 Å². The van der Waals surface area contributed by atoms with Crippen LogP contribution in [-0.2, 0) is 10.9 Å². The molecule has 4 fully saturated rings. The molecule has 1 aliphatic heterocycles. The number of pyridine rings is 1. The summed E-state index contributed by atoms with van der Waals surface area (Å²) >= 11 is 0. The van der Waals surface area contributed by atoms with Gasteiger partial charge in [0, 0.05) is 55.7 Å². The maximum Gasteiger partial charge on any atom is 0.419 e. The number of nitrogens with two attached hydrogens (primary N) is 1. The molecule has 2 aromatic heterocycles. The third-order valence-electron chi connectivity index (χ3n) is 7.69. The summed E-state index contributed by atoms with van der Waals surface area (Å²) in [5, 5.41) is 0. The maximum absolute atomic E-state index is 13.3. The van der Waals surface area contributed by atoms with Gasteiger partial charge in [0.2, 0.25) is 0 Å². The van der Waals surface area contributed by atoms with Gasteiger partial charge >= 0.3 is 6.18 Å². The summed E-state index contributed by atoms with van der Waals surface area (Å²) in [5.74, 6) is 2.24. The minimum atomic E-state index is -4.53. The van der Waals surface area contributed by atoms with Gasteiger partial charge < -0.3 is 15.0 Å². The Hall–Kier alpha value is -2.13. The van der Waals surface area contributed by atoms with Crippen molar-refractivity contribution in [3.8, 4) is 11.3 Å². The van der Waals surface area contributed by atoms with E-state index in [0.29, 0.717) is 41.1 Å². The number of nitrogens with zero attached hydrogens (tertiary/aromatic N) is 4. The highest BCUT2D eigenvalue weighted by atomic mass is 19.4. The third-order valence-corrected chi connectivity index (χ3v) is 7.69. The van der Waals surface area contributed by atoms with Crippen molar-refractivity contribution in [3.63, 3.8) is 0 Å². The molecular formula is C23H28F3N5O. The number of hydrogen-bond donors (Lipinski definition) is 1. The van der Waals surface area contributed by atoms with Crippen LogP contribution in [0.15, 0.2) is 18.5 Å². The molecule has 4 atom stereocenters. The second-order valence-corrected chi connectivity index (χ2v) is 9.77. The summed E-state index contributed by atoms with van der Waals surface area (Å²) in [6.07, 6.45) is 4.50. The normalized spacial score (nSPS) is 30.8. The lowest BCUT2D eigenvalue weighted by molar-refractivity contribution is -0.137. The Bertz CT molecular complexity index is 998. The molecule has 0 spiro atoms. The summed E-state index contributed by atoms with van der Waals surface area (Å²) in [7, 11) is 0. The van der Waals surface area contributed by atoms with E-state index in [-0.39, 0.29) is 0 Å². The molecule has 2 aromatic rings. The van der Waals surface area contributed by atoms with Crippen LogP contribution in [0.2, 0.25) is 0 Å². The Morgan fingerprint density at radius 2 is 1.88 bits per heavy atom. The van der Waals surface area contributed by atoms with Gasteiger partial charge in [0.05, 0.1) is 17.9 Å². The molecule has 32 heavy (non-hydrogen) atoms. The Morgan fingerprint density at radius 1 is 1.09 bits per heavy atom. The van der Waals surface area contributed by atoms with Gasteiger partial charge in [-0.3, -0.25) is 4.90 Å². The van der Waals surface area contributed by atoms with E-state index in [4.69, 9.17) is 15.5 Å². The van der Waals surface area contributed by atoms with Gasteiger partial charge in [-0.25, -0.2) is 9.97 Å². The van der Waals surface area contributed by atoms with Crippen LogP contribution < -0.4 is 5.73 Å². The molecule has 0 radical (unpaired) electrons. The summed E-state index contributed by atoms with van der Waals surface area (Å²) in [6.45, 7) is 3.81. The number of halogens is 3. The number of imidazole rings is 1. The fourth-order valence-corrected chi connectivity index (χ4v) is 5.89. The smallest absolute Gasteiger partial charge is 0.383 e. The van der Waals surface area contributed by atoms with Crippen molar-refractivity contribution in [1.82, 2.24) is 19.4 Å². The molecule has 1 unspecified atom stereocenters. The van der Waals surface area contributed by atoms with E-state index in [0.717, 1.165) is 57.5 Å². The van der Waals surface area contributed by atoms with Crippen molar-refractivity contribution >= 4 is 5.82 Å². The van der Waals surface area contributed by atoms with Crippen LogP contribution in [0.1, 0.15) is 55.5 Å². The topological polar surface area (TPSA) is 69.2 Å². The first-order valence-corrected chi connectivity index (χ1v) is 11.6. The maximum atomic E-state index is 13.3. The highest BCUT2D eigenvalue weighted by Crippen LogP contribution is 2.62. The first kappa shape index (κ1) is 20.5. The van der Waals surface area contributed by atoms with Crippen molar-refractivity contribution in [2.75, 3.05) is 32.0 Å². The van der Waals surface area contributed by atoms with Crippen molar-refractivity contribution in [1.29, 1.82) is 0 Å². The van der Waals surface area contributed by atoms with Gasteiger partial charge in [0.25, 0.3) is 0 Å². The lowest BCUT2D eigenvalue weighted by Gasteiger charge is -2.29. The molecule has 3 aliphatic carbocycles. The monoisotopic (exact) mass is 447 g/mol. The third kappa shape index (κ3) is 3.59. The second kappa shape index (κ2) is 7.45. The number of hydrogen-bond acceptors (Lipinski definition) is 5. The van der Waals surface area contributed by atoms with Gasteiger partial charge in [0.1, 0.15) is 11.6 Å². The molecule has 0 amide bonds. The van der Waals surface area contributed by atoms with Crippen molar-refractivity contribution < 1.29 is 17.9 Å². The van der Waals surface area contributed by atoms with E-state index in [1.54, 1.807) is 0 Å². The number of fused-ring (bicyclic) bond motifs is 1. The van der Waals surface area contributed by atoms with E-state index in [9.17, 15) is 13.2 Å². The second-order valence-electron chi connectivity index (χ2n) is 9.77. The first-order valence-electron chi connectivity index (χ1n) is 11.6. The number of aromatic nitrogens is 3. The molecule has 2 N–H and O–H groups in total. The van der Waals surface area contributed by atoms with Crippen molar-refractivity contribution in [3.05, 3.63) is 29.8 Å². The number of nitrogen functional groups attached to an aromatic ring is 1. The van der Waals surface area contributed by atoms with Crippen LogP contribution in [0.3, 0.4) is 0 Å². The van der Waals surface area contributed by atoms with Crippen molar-refractivity contribution in [2.24, 2.45) is 11.8 Å². The Morgan fingerprint density at radius 3 is 2.59 bits per heavy atom. The lowest BCUT2D eigenvalue weighted by atomic mass is 10.1. The average Bonchev–Trinajstić information content (AvgIpc) is 3.65. The van der Waals surface area contributed by atoms with Crippen LogP contribution in [0, 0.1) is 11.8 Å². The van der Waals surface area contributed by atoms with E-state index in [1.807, 2.05) is 6.20 Å². The quantitative estimate of drug-likeness (QED) is 0.765.